The summed E-state index contributed by atoms with van der Waals surface area (Å²) >= 11 is -2.14. The van der Waals surface area contributed by atoms with E-state index in [0.717, 1.165) is 24.8 Å². The van der Waals surface area contributed by atoms with E-state index >= 15 is 0 Å². The Labute approximate surface area is 109 Å². The maximum atomic E-state index is 11.3. The first-order valence-corrected chi connectivity index (χ1v) is 7.05. The number of carboxylic acid groups (broad SMARTS) is 1. The molecule has 0 spiro atoms. The lowest BCUT2D eigenvalue weighted by molar-refractivity contribution is 0.0696. The topological polar surface area (TPSA) is 74.6 Å². The molecule has 0 heterocycles. The van der Waals surface area contributed by atoms with Crippen LogP contribution in [0.4, 0.5) is 0 Å². The predicted molar refractivity (Wildman–Crippen MR) is 70.4 cm³/mol. The van der Waals surface area contributed by atoms with Gasteiger partial charge in [0.25, 0.3) is 0 Å². The first-order valence-electron chi connectivity index (χ1n) is 5.95. The minimum atomic E-state index is -2.14. The van der Waals surface area contributed by atoms with Crippen LogP contribution >= 0.6 is 0 Å². The van der Waals surface area contributed by atoms with E-state index in [-0.39, 0.29) is 10.5 Å². The van der Waals surface area contributed by atoms with Gasteiger partial charge in [0.05, 0.1) is 10.5 Å². The lowest BCUT2D eigenvalue weighted by Gasteiger charge is -2.10. The molecule has 0 radical (unpaired) electrons. The largest absolute Gasteiger partial charge is 0.478 e. The molecule has 100 valence electrons. The van der Waals surface area contributed by atoms with Gasteiger partial charge in [-0.2, -0.15) is 0 Å². The Balaban J connectivity index is 3.12. The maximum Gasteiger partial charge on any atom is 0.335 e. The number of hydrogen-bond acceptors (Lipinski definition) is 2. The van der Waals surface area contributed by atoms with Gasteiger partial charge < -0.3 is 9.66 Å². The molecular weight excluding hydrogens is 252 g/mol. The van der Waals surface area contributed by atoms with Gasteiger partial charge in [-0.15, -0.1) is 0 Å². The molecular formula is C13H18O4S. The van der Waals surface area contributed by atoms with E-state index < -0.39 is 17.0 Å². The third kappa shape index (κ3) is 3.65. The van der Waals surface area contributed by atoms with Crippen molar-refractivity contribution in [3.8, 4) is 0 Å². The zero-order valence-electron chi connectivity index (χ0n) is 10.6. The van der Waals surface area contributed by atoms with Crippen LogP contribution in [0.3, 0.4) is 0 Å². The quantitative estimate of drug-likeness (QED) is 0.615. The van der Waals surface area contributed by atoms with Gasteiger partial charge in [0.15, 0.2) is 11.1 Å². The van der Waals surface area contributed by atoms with Crippen molar-refractivity contribution >= 4 is 17.0 Å². The van der Waals surface area contributed by atoms with Crippen molar-refractivity contribution in [3.63, 3.8) is 0 Å². The van der Waals surface area contributed by atoms with Crippen molar-refractivity contribution in [1.29, 1.82) is 0 Å². The highest BCUT2D eigenvalue weighted by atomic mass is 32.2. The maximum absolute atomic E-state index is 11.3. The van der Waals surface area contributed by atoms with E-state index in [4.69, 9.17) is 5.11 Å². The highest BCUT2D eigenvalue weighted by molar-refractivity contribution is 7.79. The van der Waals surface area contributed by atoms with Gasteiger partial charge in [-0.3, -0.25) is 0 Å². The summed E-state index contributed by atoms with van der Waals surface area (Å²) in [6, 6.07) is 3.03. The summed E-state index contributed by atoms with van der Waals surface area (Å²) in [6.07, 6.45) is 3.77. The Morgan fingerprint density at radius 3 is 2.50 bits per heavy atom. The fraction of sp³-hybridized carbons (Fsp3) is 0.462. The second-order valence-electron chi connectivity index (χ2n) is 4.29. The molecule has 5 heteroatoms. The van der Waals surface area contributed by atoms with Crippen LogP contribution in [0.5, 0.6) is 0 Å². The van der Waals surface area contributed by atoms with Crippen molar-refractivity contribution in [2.24, 2.45) is 0 Å². The number of rotatable bonds is 6. The minimum Gasteiger partial charge on any atom is -0.478 e. The number of carboxylic acids is 1. The highest BCUT2D eigenvalue weighted by Crippen LogP contribution is 2.21. The molecule has 0 aliphatic carbocycles. The summed E-state index contributed by atoms with van der Waals surface area (Å²) in [5.41, 5.74) is 1.49. The van der Waals surface area contributed by atoms with Crippen LogP contribution in [-0.2, 0) is 17.5 Å². The van der Waals surface area contributed by atoms with Gasteiger partial charge in [-0.1, -0.05) is 25.8 Å². The van der Waals surface area contributed by atoms with Gasteiger partial charge in [0.2, 0.25) is 0 Å². The fourth-order valence-electron chi connectivity index (χ4n) is 1.90. The predicted octanol–water partition coefficient (Wildman–Crippen LogP) is 3.01. The Hall–Kier alpha value is -1.20. The number of hydrogen-bond donors (Lipinski definition) is 2. The SMILES string of the molecule is CCCCCc1cc(C)c(C(=O)O)cc1S(=O)O. The Kier molecular flexibility index (Phi) is 5.50. The Bertz CT molecular complexity index is 468. The number of aryl methyl sites for hydroxylation is 2. The molecule has 0 aromatic heterocycles. The molecule has 2 N–H and O–H groups in total. The van der Waals surface area contributed by atoms with Crippen molar-refractivity contribution in [1.82, 2.24) is 0 Å². The summed E-state index contributed by atoms with van der Waals surface area (Å²) in [4.78, 5) is 11.2. The van der Waals surface area contributed by atoms with Crippen molar-refractivity contribution in [2.45, 2.75) is 44.4 Å². The minimum absolute atomic E-state index is 0.0895. The van der Waals surface area contributed by atoms with Crippen molar-refractivity contribution in [3.05, 3.63) is 28.8 Å². The molecule has 0 amide bonds. The normalized spacial score (nSPS) is 12.4. The third-order valence-corrected chi connectivity index (χ3v) is 3.63. The van der Waals surface area contributed by atoms with Crippen molar-refractivity contribution < 1.29 is 18.7 Å². The van der Waals surface area contributed by atoms with E-state index in [9.17, 15) is 13.6 Å². The summed E-state index contributed by atoms with van der Waals surface area (Å²) in [5, 5.41) is 9.00. The zero-order valence-corrected chi connectivity index (χ0v) is 11.4. The second kappa shape index (κ2) is 6.66. The molecule has 0 aliphatic heterocycles. The van der Waals surface area contributed by atoms with E-state index in [1.807, 2.05) is 0 Å². The molecule has 0 saturated carbocycles. The monoisotopic (exact) mass is 270 g/mol. The number of benzene rings is 1. The van der Waals surface area contributed by atoms with Crippen LogP contribution in [0.15, 0.2) is 17.0 Å². The van der Waals surface area contributed by atoms with Gasteiger partial charge >= 0.3 is 5.97 Å². The highest BCUT2D eigenvalue weighted by Gasteiger charge is 2.15. The Morgan fingerprint density at radius 1 is 1.33 bits per heavy atom. The lowest BCUT2D eigenvalue weighted by atomic mass is 10.0. The average molecular weight is 270 g/mol. The molecule has 1 atom stereocenters. The van der Waals surface area contributed by atoms with Gasteiger partial charge in [-0.25, -0.2) is 9.00 Å². The van der Waals surface area contributed by atoms with Gasteiger partial charge in [-0.05, 0) is 37.0 Å². The molecule has 1 aromatic carbocycles. The summed E-state index contributed by atoms with van der Waals surface area (Å²) < 4.78 is 20.5. The standard InChI is InChI=1S/C13H18O4S/c1-3-4-5-6-10-7-9(2)11(13(14)15)8-12(10)18(16)17/h7-8H,3-6H2,1-2H3,(H,14,15)(H,16,17). The first-order chi connectivity index (χ1) is 8.47. The van der Waals surface area contributed by atoms with Crippen molar-refractivity contribution in [2.75, 3.05) is 0 Å². The van der Waals surface area contributed by atoms with Crippen LogP contribution in [0.2, 0.25) is 0 Å². The Morgan fingerprint density at radius 2 is 2.00 bits per heavy atom. The molecule has 1 aromatic rings. The summed E-state index contributed by atoms with van der Waals surface area (Å²) in [7, 11) is 0. The van der Waals surface area contributed by atoms with Gasteiger partial charge in [0, 0.05) is 0 Å². The molecule has 4 nitrogen and oxygen atoms in total. The van der Waals surface area contributed by atoms with Gasteiger partial charge in [0.1, 0.15) is 0 Å². The third-order valence-electron chi connectivity index (χ3n) is 2.88. The molecule has 0 bridgehead atoms. The number of aromatic carboxylic acids is 1. The zero-order chi connectivity index (χ0) is 13.7. The van der Waals surface area contributed by atoms with E-state index in [2.05, 4.69) is 6.92 Å². The second-order valence-corrected chi connectivity index (χ2v) is 5.22. The lowest BCUT2D eigenvalue weighted by Crippen LogP contribution is -2.05. The van der Waals surface area contributed by atoms with E-state index in [1.54, 1.807) is 13.0 Å². The van der Waals surface area contributed by atoms with E-state index in [0.29, 0.717) is 12.0 Å². The molecule has 0 fully saturated rings. The molecule has 1 rings (SSSR count). The van der Waals surface area contributed by atoms with E-state index in [1.165, 1.54) is 6.07 Å². The van der Waals surface area contributed by atoms with Crippen LogP contribution in [-0.4, -0.2) is 19.8 Å². The fourth-order valence-corrected chi connectivity index (χ4v) is 2.51. The van der Waals surface area contributed by atoms with Crippen LogP contribution in [0, 0.1) is 6.92 Å². The summed E-state index contributed by atoms with van der Waals surface area (Å²) in [6.45, 7) is 3.79. The number of unbranched alkanes of at least 4 members (excludes halogenated alkanes) is 2. The molecule has 1 unspecified atom stereocenters. The average Bonchev–Trinajstić information content (AvgIpc) is 2.28. The summed E-state index contributed by atoms with van der Waals surface area (Å²) in [5.74, 6) is -1.07. The van der Waals surface area contributed by atoms with Crippen LogP contribution < -0.4 is 0 Å². The first kappa shape index (κ1) is 14.9. The smallest absolute Gasteiger partial charge is 0.335 e. The molecule has 0 aliphatic rings. The van der Waals surface area contributed by atoms with Crippen LogP contribution in [0.1, 0.15) is 47.7 Å². The molecule has 18 heavy (non-hydrogen) atoms. The van der Waals surface area contributed by atoms with Crippen LogP contribution in [0.25, 0.3) is 0 Å². The number of carbonyl (C=O) groups is 1. The molecule has 0 saturated heterocycles.